The number of rotatable bonds is 4. The summed E-state index contributed by atoms with van der Waals surface area (Å²) in [5.41, 5.74) is 4.61. The van der Waals surface area contributed by atoms with Gasteiger partial charge in [0.05, 0.1) is 0 Å². The first-order chi connectivity index (χ1) is 12.7. The minimum Gasteiger partial charge on any atom is -0.489 e. The second-order valence-corrected chi connectivity index (χ2v) is 7.29. The SMILES string of the molecule is O=C1Nc2ccc(I)cc2C1=Cc1ccc(OCc2ccccc2)cc1. The largest absolute Gasteiger partial charge is 0.489 e. The molecule has 0 bridgehead atoms. The van der Waals surface area contributed by atoms with E-state index in [0.29, 0.717) is 12.2 Å². The summed E-state index contributed by atoms with van der Waals surface area (Å²) in [6.07, 6.45) is 1.91. The first-order valence-corrected chi connectivity index (χ1v) is 9.37. The molecule has 0 atom stereocenters. The lowest BCUT2D eigenvalue weighted by atomic mass is 10.0. The summed E-state index contributed by atoms with van der Waals surface area (Å²) in [6.45, 7) is 0.537. The van der Waals surface area contributed by atoms with E-state index in [9.17, 15) is 4.79 Å². The molecule has 1 N–H and O–H groups in total. The van der Waals surface area contributed by atoms with Gasteiger partial charge in [0, 0.05) is 20.4 Å². The van der Waals surface area contributed by atoms with Gasteiger partial charge in [0.1, 0.15) is 12.4 Å². The van der Waals surface area contributed by atoms with Gasteiger partial charge in [-0.15, -0.1) is 0 Å². The molecular formula is C22H16INO2. The van der Waals surface area contributed by atoms with Gasteiger partial charge in [-0.1, -0.05) is 42.5 Å². The molecule has 0 saturated carbocycles. The summed E-state index contributed by atoms with van der Waals surface area (Å²) >= 11 is 2.26. The molecule has 0 radical (unpaired) electrons. The van der Waals surface area contributed by atoms with Crippen molar-refractivity contribution in [3.8, 4) is 5.75 Å². The van der Waals surface area contributed by atoms with Crippen LogP contribution in [0.5, 0.6) is 5.75 Å². The fraction of sp³-hybridized carbons (Fsp3) is 0.0455. The number of benzene rings is 3. The Morgan fingerprint density at radius 1 is 0.962 bits per heavy atom. The highest BCUT2D eigenvalue weighted by molar-refractivity contribution is 14.1. The molecule has 3 aromatic rings. The van der Waals surface area contributed by atoms with Crippen LogP contribution < -0.4 is 10.1 Å². The van der Waals surface area contributed by atoms with Crippen molar-refractivity contribution in [2.45, 2.75) is 6.61 Å². The van der Waals surface area contributed by atoms with Crippen molar-refractivity contribution in [1.29, 1.82) is 0 Å². The van der Waals surface area contributed by atoms with Crippen LogP contribution in [-0.2, 0) is 11.4 Å². The molecule has 4 rings (SSSR count). The van der Waals surface area contributed by atoms with Gasteiger partial charge in [-0.3, -0.25) is 4.79 Å². The van der Waals surface area contributed by atoms with Crippen molar-refractivity contribution < 1.29 is 9.53 Å². The number of carbonyl (C=O) groups excluding carboxylic acids is 1. The Hall–Kier alpha value is -2.60. The zero-order valence-corrected chi connectivity index (χ0v) is 16.1. The highest BCUT2D eigenvalue weighted by Crippen LogP contribution is 2.34. The highest BCUT2D eigenvalue weighted by atomic mass is 127. The number of hydrogen-bond acceptors (Lipinski definition) is 2. The smallest absolute Gasteiger partial charge is 0.256 e. The summed E-state index contributed by atoms with van der Waals surface area (Å²) in [5.74, 6) is 0.744. The summed E-state index contributed by atoms with van der Waals surface area (Å²) < 4.78 is 6.91. The van der Waals surface area contributed by atoms with Crippen LogP contribution in [-0.4, -0.2) is 5.91 Å². The van der Waals surface area contributed by atoms with E-state index in [4.69, 9.17) is 4.74 Å². The van der Waals surface area contributed by atoms with Crippen LogP contribution in [0.3, 0.4) is 0 Å². The molecule has 26 heavy (non-hydrogen) atoms. The van der Waals surface area contributed by atoms with Gasteiger partial charge in [0.15, 0.2) is 0 Å². The number of hydrogen-bond donors (Lipinski definition) is 1. The third-order valence-corrected chi connectivity index (χ3v) is 4.88. The Morgan fingerprint density at radius 2 is 1.73 bits per heavy atom. The maximum absolute atomic E-state index is 12.3. The van der Waals surface area contributed by atoms with E-state index in [2.05, 4.69) is 27.9 Å². The van der Waals surface area contributed by atoms with E-state index in [1.54, 1.807) is 0 Å². The highest BCUT2D eigenvalue weighted by Gasteiger charge is 2.23. The van der Waals surface area contributed by atoms with Gasteiger partial charge in [-0.2, -0.15) is 0 Å². The minimum atomic E-state index is -0.0635. The van der Waals surface area contributed by atoms with Gasteiger partial charge < -0.3 is 10.1 Å². The van der Waals surface area contributed by atoms with Crippen LogP contribution in [0.25, 0.3) is 11.6 Å². The van der Waals surface area contributed by atoms with Gasteiger partial charge in [0.25, 0.3) is 5.91 Å². The molecule has 0 aliphatic carbocycles. The van der Waals surface area contributed by atoms with E-state index >= 15 is 0 Å². The maximum Gasteiger partial charge on any atom is 0.256 e. The molecule has 128 valence electrons. The van der Waals surface area contributed by atoms with Crippen LogP contribution in [0.2, 0.25) is 0 Å². The fourth-order valence-corrected chi connectivity index (χ4v) is 3.36. The molecule has 0 aromatic heterocycles. The summed E-state index contributed by atoms with van der Waals surface area (Å²) in [4.78, 5) is 12.3. The maximum atomic E-state index is 12.3. The topological polar surface area (TPSA) is 38.3 Å². The monoisotopic (exact) mass is 453 g/mol. The zero-order chi connectivity index (χ0) is 17.9. The molecule has 4 heteroatoms. The van der Waals surface area contributed by atoms with E-state index in [1.165, 1.54) is 0 Å². The Labute approximate surface area is 165 Å². The summed E-state index contributed by atoms with van der Waals surface area (Å²) in [5, 5.41) is 2.91. The number of anilines is 1. The number of fused-ring (bicyclic) bond motifs is 1. The number of amides is 1. The van der Waals surface area contributed by atoms with Crippen LogP contribution in [0.4, 0.5) is 5.69 Å². The van der Waals surface area contributed by atoms with Gasteiger partial charge in [-0.25, -0.2) is 0 Å². The van der Waals surface area contributed by atoms with E-state index in [1.807, 2.05) is 78.9 Å². The van der Waals surface area contributed by atoms with Crippen molar-refractivity contribution in [3.63, 3.8) is 0 Å². The molecule has 1 aliphatic heterocycles. The Bertz CT molecular complexity index is 979. The third-order valence-electron chi connectivity index (χ3n) is 4.20. The molecular weight excluding hydrogens is 437 g/mol. The molecule has 1 amide bonds. The van der Waals surface area contributed by atoms with Crippen molar-refractivity contribution in [2.24, 2.45) is 0 Å². The predicted octanol–water partition coefficient (Wildman–Crippen LogP) is 5.36. The second kappa shape index (κ2) is 7.33. The number of halogens is 1. The molecule has 0 fully saturated rings. The Balaban J connectivity index is 1.52. The molecule has 3 aromatic carbocycles. The van der Waals surface area contributed by atoms with Crippen molar-refractivity contribution in [3.05, 3.63) is 93.1 Å². The average Bonchev–Trinajstić information content (AvgIpc) is 2.97. The van der Waals surface area contributed by atoms with Crippen LogP contribution in [0, 0.1) is 3.57 Å². The van der Waals surface area contributed by atoms with Crippen molar-refractivity contribution >= 4 is 45.8 Å². The first kappa shape index (κ1) is 16.8. The lowest BCUT2D eigenvalue weighted by Crippen LogP contribution is -2.03. The number of ether oxygens (including phenoxy) is 1. The van der Waals surface area contributed by atoms with Crippen molar-refractivity contribution in [2.75, 3.05) is 5.32 Å². The first-order valence-electron chi connectivity index (χ1n) is 8.29. The van der Waals surface area contributed by atoms with E-state index in [-0.39, 0.29) is 5.91 Å². The van der Waals surface area contributed by atoms with Crippen LogP contribution in [0.15, 0.2) is 72.8 Å². The standard InChI is InChI=1S/C22H16INO2/c23-17-8-11-21-19(13-17)20(22(25)24-21)12-15-6-9-18(10-7-15)26-14-16-4-2-1-3-5-16/h1-13H,14H2,(H,24,25). The third kappa shape index (κ3) is 3.65. The second-order valence-electron chi connectivity index (χ2n) is 6.05. The minimum absolute atomic E-state index is 0.0635. The Morgan fingerprint density at radius 3 is 2.50 bits per heavy atom. The van der Waals surface area contributed by atoms with E-state index < -0.39 is 0 Å². The molecule has 1 aliphatic rings. The lowest BCUT2D eigenvalue weighted by molar-refractivity contribution is -0.110. The van der Waals surface area contributed by atoms with Gasteiger partial charge in [0.2, 0.25) is 0 Å². The number of carbonyl (C=O) groups is 1. The van der Waals surface area contributed by atoms with Crippen LogP contribution in [0.1, 0.15) is 16.7 Å². The molecule has 0 unspecified atom stereocenters. The lowest BCUT2D eigenvalue weighted by Gasteiger charge is -2.06. The van der Waals surface area contributed by atoms with Gasteiger partial charge in [-0.05, 0) is 70.1 Å². The van der Waals surface area contributed by atoms with Crippen molar-refractivity contribution in [1.82, 2.24) is 0 Å². The normalized spacial score (nSPS) is 14.2. The van der Waals surface area contributed by atoms with E-state index in [0.717, 1.165) is 31.7 Å². The Kier molecular flexibility index (Phi) is 4.75. The fourth-order valence-electron chi connectivity index (χ4n) is 2.87. The number of nitrogens with one attached hydrogen (secondary N) is 1. The molecule has 0 saturated heterocycles. The predicted molar refractivity (Wildman–Crippen MR) is 113 cm³/mol. The quantitative estimate of drug-likeness (QED) is 0.427. The zero-order valence-electron chi connectivity index (χ0n) is 13.9. The molecule has 3 nitrogen and oxygen atoms in total. The molecule has 1 heterocycles. The molecule has 0 spiro atoms. The summed E-state index contributed by atoms with van der Waals surface area (Å²) in [7, 11) is 0. The van der Waals surface area contributed by atoms with Gasteiger partial charge >= 0.3 is 0 Å². The van der Waals surface area contributed by atoms with Crippen LogP contribution >= 0.6 is 22.6 Å². The average molecular weight is 453 g/mol. The summed E-state index contributed by atoms with van der Waals surface area (Å²) in [6, 6.07) is 23.8.